The van der Waals surface area contributed by atoms with Crippen molar-refractivity contribution in [3.8, 4) is 5.75 Å². The molecule has 4 unspecified atom stereocenters. The van der Waals surface area contributed by atoms with Gasteiger partial charge in [-0.2, -0.15) is 0 Å². The van der Waals surface area contributed by atoms with E-state index in [4.69, 9.17) is 5.73 Å². The van der Waals surface area contributed by atoms with Crippen LogP contribution in [0.2, 0.25) is 0 Å². The lowest BCUT2D eigenvalue weighted by atomic mass is 10.0. The van der Waals surface area contributed by atoms with Crippen LogP contribution in [0.3, 0.4) is 0 Å². The van der Waals surface area contributed by atoms with Gasteiger partial charge in [0, 0.05) is 48.3 Å². The number of amides is 3. The number of hydrogen-bond acceptors (Lipinski definition) is 7. The molecule has 3 aromatic carbocycles. The van der Waals surface area contributed by atoms with Crippen LogP contribution in [0.1, 0.15) is 22.4 Å². The molecule has 0 saturated carbocycles. The summed E-state index contributed by atoms with van der Waals surface area (Å²) in [6.07, 6.45) is 4.90. The summed E-state index contributed by atoms with van der Waals surface area (Å²) in [4.78, 5) is 63.2. The zero-order chi connectivity index (χ0) is 34.0. The third-order valence-electron chi connectivity index (χ3n) is 7.97. The molecule has 248 valence electrons. The summed E-state index contributed by atoms with van der Waals surface area (Å²) in [7, 11) is 0. The van der Waals surface area contributed by atoms with Gasteiger partial charge in [-0.25, -0.2) is 9.78 Å². The van der Waals surface area contributed by atoms with Crippen LogP contribution in [0.5, 0.6) is 5.75 Å². The number of carboxylic acid groups (broad SMARTS) is 1. The Hall–Kier alpha value is -5.95. The van der Waals surface area contributed by atoms with Crippen molar-refractivity contribution in [2.24, 2.45) is 5.73 Å². The SMILES string of the molecule is NC(Cc1ccc(O)cc1)C(=O)NC(Cc1c[nH]c2ccccc12)C(=O)NC(Cc1cnc[nH]1)C(=O)NC(Cc1ccccc1)C(=O)O. The standard InChI is InChI=1S/C35H37N7O6/c36-27(14-22-10-12-25(43)13-11-22)32(44)40-29(16-23-18-38-28-9-5-4-8-26(23)28)33(45)41-30(17-24-19-37-20-39-24)34(46)42-31(35(47)48)15-21-6-2-1-3-7-21/h1-13,18-20,27,29-31,38,43H,14-17,36H2,(H,37,39)(H,40,44)(H,41,45)(H,42,46)(H,47,48). The van der Waals surface area contributed by atoms with E-state index in [9.17, 15) is 29.4 Å². The summed E-state index contributed by atoms with van der Waals surface area (Å²) >= 11 is 0. The molecule has 13 heteroatoms. The van der Waals surface area contributed by atoms with Gasteiger partial charge in [-0.3, -0.25) is 14.4 Å². The number of aromatic hydroxyl groups is 1. The molecular weight excluding hydrogens is 614 g/mol. The number of carbonyl (C=O) groups is 4. The number of nitrogens with one attached hydrogen (secondary N) is 5. The van der Waals surface area contributed by atoms with Gasteiger partial charge in [0.2, 0.25) is 17.7 Å². The number of fused-ring (bicyclic) bond motifs is 1. The fraction of sp³-hybridized carbons (Fsp3) is 0.229. The van der Waals surface area contributed by atoms with Crippen molar-refractivity contribution in [1.82, 2.24) is 30.9 Å². The molecule has 0 spiro atoms. The Kier molecular flexibility index (Phi) is 10.8. The highest BCUT2D eigenvalue weighted by Crippen LogP contribution is 2.20. The molecule has 0 aliphatic heterocycles. The lowest BCUT2D eigenvalue weighted by Gasteiger charge is -2.25. The lowest BCUT2D eigenvalue weighted by Crippen LogP contribution is -2.58. The van der Waals surface area contributed by atoms with Gasteiger partial charge in [-0.05, 0) is 41.3 Å². The minimum atomic E-state index is -1.26. The molecule has 0 bridgehead atoms. The Balaban J connectivity index is 1.37. The molecule has 48 heavy (non-hydrogen) atoms. The lowest BCUT2D eigenvalue weighted by molar-refractivity contribution is -0.142. The maximum atomic E-state index is 14.0. The molecule has 13 nitrogen and oxygen atoms in total. The Morgan fingerprint density at radius 2 is 1.33 bits per heavy atom. The number of imidazole rings is 1. The summed E-state index contributed by atoms with van der Waals surface area (Å²) < 4.78 is 0. The van der Waals surface area contributed by atoms with Crippen molar-refractivity contribution in [1.29, 1.82) is 0 Å². The number of phenols is 1. The number of aliphatic carboxylic acids is 1. The first-order chi connectivity index (χ1) is 23.2. The first kappa shape index (κ1) is 33.4. The fourth-order valence-electron chi connectivity index (χ4n) is 5.41. The number of para-hydroxylation sites is 1. The molecule has 5 rings (SSSR count). The van der Waals surface area contributed by atoms with Crippen LogP contribution >= 0.6 is 0 Å². The minimum absolute atomic E-state index is 0.0244. The smallest absolute Gasteiger partial charge is 0.326 e. The van der Waals surface area contributed by atoms with Gasteiger partial charge < -0.3 is 41.9 Å². The summed E-state index contributed by atoms with van der Waals surface area (Å²) in [5.74, 6) is -3.13. The molecular formula is C35H37N7O6. The van der Waals surface area contributed by atoms with E-state index in [0.717, 1.165) is 16.5 Å². The van der Waals surface area contributed by atoms with E-state index < -0.39 is 47.9 Å². The molecule has 0 aliphatic carbocycles. The fourth-order valence-corrected chi connectivity index (χ4v) is 5.41. The average molecular weight is 652 g/mol. The van der Waals surface area contributed by atoms with E-state index in [2.05, 4.69) is 30.9 Å². The van der Waals surface area contributed by atoms with Crippen LogP contribution in [-0.2, 0) is 44.9 Å². The van der Waals surface area contributed by atoms with E-state index in [-0.39, 0.29) is 31.4 Å². The molecule has 3 amide bonds. The van der Waals surface area contributed by atoms with Gasteiger partial charge in [0.1, 0.15) is 23.9 Å². The maximum Gasteiger partial charge on any atom is 0.326 e. The largest absolute Gasteiger partial charge is 0.508 e. The van der Waals surface area contributed by atoms with Crippen LogP contribution in [0.15, 0.2) is 97.6 Å². The predicted octanol–water partition coefficient (Wildman–Crippen LogP) is 1.73. The maximum absolute atomic E-state index is 14.0. The number of aromatic nitrogens is 3. The van der Waals surface area contributed by atoms with Crippen LogP contribution in [0.25, 0.3) is 10.9 Å². The van der Waals surface area contributed by atoms with Gasteiger partial charge in [0.15, 0.2) is 0 Å². The summed E-state index contributed by atoms with van der Waals surface area (Å²) in [6, 6.07) is 18.0. The van der Waals surface area contributed by atoms with Crippen LogP contribution in [0, 0.1) is 0 Å². The molecule has 2 heterocycles. The number of rotatable bonds is 15. The highest BCUT2D eigenvalue weighted by molar-refractivity contribution is 5.95. The van der Waals surface area contributed by atoms with Gasteiger partial charge >= 0.3 is 5.97 Å². The van der Waals surface area contributed by atoms with Crippen molar-refractivity contribution in [2.45, 2.75) is 49.9 Å². The molecule has 9 N–H and O–H groups in total. The van der Waals surface area contributed by atoms with E-state index in [0.29, 0.717) is 16.8 Å². The Morgan fingerprint density at radius 1 is 0.708 bits per heavy atom. The number of aromatic amines is 2. The monoisotopic (exact) mass is 651 g/mol. The second-order valence-corrected chi connectivity index (χ2v) is 11.5. The number of nitrogens with zero attached hydrogens (tertiary/aromatic N) is 1. The normalized spacial score (nSPS) is 13.6. The van der Waals surface area contributed by atoms with Gasteiger partial charge in [0.05, 0.1) is 12.4 Å². The summed E-state index contributed by atoms with van der Waals surface area (Å²) in [6.45, 7) is 0. The number of carbonyl (C=O) groups excluding carboxylic acids is 3. The number of benzene rings is 3. The molecule has 0 saturated heterocycles. The molecule has 5 aromatic rings. The van der Waals surface area contributed by atoms with Crippen molar-refractivity contribution < 1.29 is 29.4 Å². The third kappa shape index (κ3) is 8.85. The molecule has 0 aliphatic rings. The van der Waals surface area contributed by atoms with E-state index in [1.165, 1.54) is 24.7 Å². The zero-order valence-corrected chi connectivity index (χ0v) is 25.9. The highest BCUT2D eigenvalue weighted by Gasteiger charge is 2.31. The molecule has 2 aromatic heterocycles. The molecule has 0 fully saturated rings. The van der Waals surface area contributed by atoms with Crippen molar-refractivity contribution in [2.75, 3.05) is 0 Å². The van der Waals surface area contributed by atoms with E-state index in [1.807, 2.05) is 24.3 Å². The average Bonchev–Trinajstić information content (AvgIpc) is 3.75. The van der Waals surface area contributed by atoms with Crippen molar-refractivity contribution in [3.05, 3.63) is 120 Å². The first-order valence-corrected chi connectivity index (χ1v) is 15.4. The minimum Gasteiger partial charge on any atom is -0.508 e. The zero-order valence-electron chi connectivity index (χ0n) is 25.9. The van der Waals surface area contributed by atoms with Gasteiger partial charge in [-0.15, -0.1) is 0 Å². The number of nitrogens with two attached hydrogens (primary N) is 1. The second kappa shape index (κ2) is 15.6. The Labute approximate surface area is 276 Å². The third-order valence-corrected chi connectivity index (χ3v) is 7.97. The quantitative estimate of drug-likeness (QED) is 0.0832. The summed E-state index contributed by atoms with van der Waals surface area (Å²) in [5.41, 5.74) is 9.79. The van der Waals surface area contributed by atoms with Crippen LogP contribution in [0.4, 0.5) is 0 Å². The predicted molar refractivity (Wildman–Crippen MR) is 178 cm³/mol. The topological polar surface area (TPSA) is 215 Å². The van der Waals surface area contributed by atoms with E-state index >= 15 is 0 Å². The van der Waals surface area contributed by atoms with Gasteiger partial charge in [0.25, 0.3) is 0 Å². The summed E-state index contributed by atoms with van der Waals surface area (Å²) in [5, 5.41) is 28.4. The highest BCUT2D eigenvalue weighted by atomic mass is 16.4. The second-order valence-electron chi connectivity index (χ2n) is 11.5. The molecule has 4 atom stereocenters. The molecule has 0 radical (unpaired) electrons. The van der Waals surface area contributed by atoms with Gasteiger partial charge in [-0.1, -0.05) is 60.7 Å². The first-order valence-electron chi connectivity index (χ1n) is 15.4. The van der Waals surface area contributed by atoms with E-state index in [1.54, 1.807) is 48.7 Å². The van der Waals surface area contributed by atoms with Crippen LogP contribution < -0.4 is 21.7 Å². The number of hydrogen-bond donors (Lipinski definition) is 8. The number of carboxylic acids is 1. The van der Waals surface area contributed by atoms with Crippen LogP contribution in [-0.4, -0.2) is 73.0 Å². The number of phenolic OH excluding ortho intramolecular Hbond substituents is 1. The van der Waals surface area contributed by atoms with Crippen molar-refractivity contribution in [3.63, 3.8) is 0 Å². The number of H-pyrrole nitrogens is 2. The Morgan fingerprint density at radius 3 is 2.02 bits per heavy atom. The Bertz CT molecular complexity index is 1840. The van der Waals surface area contributed by atoms with Crippen molar-refractivity contribution >= 4 is 34.6 Å².